The summed E-state index contributed by atoms with van der Waals surface area (Å²) in [4.78, 5) is 12.5. The lowest BCUT2D eigenvalue weighted by Crippen LogP contribution is -2.50. The summed E-state index contributed by atoms with van der Waals surface area (Å²) < 4.78 is 0. The highest BCUT2D eigenvalue weighted by Crippen LogP contribution is 2.22. The molecule has 0 saturated carbocycles. The van der Waals surface area contributed by atoms with Crippen molar-refractivity contribution in [1.29, 1.82) is 0 Å². The second-order valence-electron chi connectivity index (χ2n) is 7.59. The molecule has 4 aromatic carbocycles. The van der Waals surface area contributed by atoms with Crippen LogP contribution in [0.25, 0.3) is 10.8 Å². The molecule has 0 atom stereocenters. The summed E-state index contributed by atoms with van der Waals surface area (Å²) >= 11 is 0. The van der Waals surface area contributed by atoms with Crippen molar-refractivity contribution in [3.8, 4) is 0 Å². The van der Waals surface area contributed by atoms with Gasteiger partial charge in [0.15, 0.2) is 0 Å². The molecule has 0 aromatic heterocycles. The van der Waals surface area contributed by atoms with Crippen LogP contribution in [0.2, 0.25) is 0 Å². The van der Waals surface area contributed by atoms with E-state index in [-0.39, 0.29) is 0 Å². The van der Waals surface area contributed by atoms with Crippen LogP contribution < -0.4 is 5.32 Å². The third-order valence-corrected chi connectivity index (χ3v) is 5.46. The van der Waals surface area contributed by atoms with Crippen molar-refractivity contribution in [2.24, 2.45) is 0 Å². The van der Waals surface area contributed by atoms with Crippen LogP contribution in [0.3, 0.4) is 0 Å². The van der Waals surface area contributed by atoms with Gasteiger partial charge in [0, 0.05) is 6.54 Å². The van der Waals surface area contributed by atoms with E-state index in [1.165, 1.54) is 16.3 Å². The van der Waals surface area contributed by atoms with Gasteiger partial charge in [-0.1, -0.05) is 103 Å². The van der Waals surface area contributed by atoms with Gasteiger partial charge in [-0.25, -0.2) is 0 Å². The molecule has 0 saturated heterocycles. The molecule has 0 radical (unpaired) electrons. The summed E-state index contributed by atoms with van der Waals surface area (Å²) in [5.41, 5.74) is 2.84. The highest BCUT2D eigenvalue weighted by atomic mass is 16.1. The first kappa shape index (κ1) is 19.1. The Morgan fingerprint density at radius 2 is 1.21 bits per heavy atom. The van der Waals surface area contributed by atoms with E-state index in [9.17, 15) is 4.79 Å². The Labute approximate surface area is 172 Å². The first-order valence-electron chi connectivity index (χ1n) is 10.0. The number of fused-ring (bicyclic) bond motifs is 1. The fraction of sp³-hybridized carbons (Fsp3) is 0.148. The molecule has 0 fully saturated rings. The lowest BCUT2D eigenvalue weighted by molar-refractivity contribution is -0.113. The lowest BCUT2D eigenvalue weighted by atomic mass is 9.85. The number of carbonyl (C=O) groups is 1. The number of aldehydes is 1. The summed E-state index contributed by atoms with van der Waals surface area (Å²) in [6, 6.07) is 35.2. The van der Waals surface area contributed by atoms with Crippen LogP contribution in [0.1, 0.15) is 16.7 Å². The molecule has 0 aliphatic rings. The molecule has 1 N–H and O–H groups in total. The second-order valence-corrected chi connectivity index (χ2v) is 7.59. The molecule has 0 unspecified atom stereocenters. The van der Waals surface area contributed by atoms with Gasteiger partial charge >= 0.3 is 0 Å². The molecular weight excluding hydrogens is 354 g/mol. The standard InChI is InChI=1S/C27H25NO/c29-21-27(18-22-10-3-1-4-11-22,19-23-12-5-2-6-13-23)28-20-25-16-9-15-24-14-7-8-17-26(24)25/h1-17,21,28H,18-20H2. The predicted molar refractivity (Wildman–Crippen MR) is 120 cm³/mol. The summed E-state index contributed by atoms with van der Waals surface area (Å²) in [7, 11) is 0. The zero-order chi connectivity index (χ0) is 19.9. The first-order chi connectivity index (χ1) is 14.3. The monoisotopic (exact) mass is 379 g/mol. The van der Waals surface area contributed by atoms with Crippen LogP contribution in [0.5, 0.6) is 0 Å². The minimum atomic E-state index is -0.667. The minimum Gasteiger partial charge on any atom is -0.301 e. The number of carbonyl (C=O) groups excluding carboxylic acids is 1. The molecule has 29 heavy (non-hydrogen) atoms. The molecule has 4 rings (SSSR count). The SMILES string of the molecule is O=CC(Cc1ccccc1)(Cc1ccccc1)NCc1cccc2ccccc12. The zero-order valence-corrected chi connectivity index (χ0v) is 16.4. The summed E-state index contributed by atoms with van der Waals surface area (Å²) in [5.74, 6) is 0. The Hall–Kier alpha value is -3.23. The smallest absolute Gasteiger partial charge is 0.140 e. The van der Waals surface area contributed by atoms with Gasteiger partial charge in [0.25, 0.3) is 0 Å². The van der Waals surface area contributed by atoms with Crippen molar-refractivity contribution in [2.75, 3.05) is 0 Å². The quantitative estimate of drug-likeness (QED) is 0.418. The molecule has 4 aromatic rings. The van der Waals surface area contributed by atoms with E-state index < -0.39 is 5.54 Å². The Morgan fingerprint density at radius 3 is 1.83 bits per heavy atom. The summed E-state index contributed by atoms with van der Waals surface area (Å²) in [5, 5.41) is 6.06. The highest BCUT2D eigenvalue weighted by Gasteiger charge is 2.30. The number of hydrogen-bond donors (Lipinski definition) is 1. The third kappa shape index (κ3) is 4.61. The van der Waals surface area contributed by atoms with Gasteiger partial charge in [0.05, 0.1) is 5.54 Å². The molecule has 2 heteroatoms. The first-order valence-corrected chi connectivity index (χ1v) is 10.0. The summed E-state index contributed by atoms with van der Waals surface area (Å²) in [6.07, 6.45) is 2.39. The van der Waals surface area contributed by atoms with Gasteiger partial charge in [-0.15, -0.1) is 0 Å². The topological polar surface area (TPSA) is 29.1 Å². The van der Waals surface area contributed by atoms with Crippen molar-refractivity contribution < 1.29 is 4.79 Å². The normalized spacial score (nSPS) is 11.4. The van der Waals surface area contributed by atoms with Gasteiger partial charge in [-0.3, -0.25) is 0 Å². The largest absolute Gasteiger partial charge is 0.301 e. The molecule has 0 aliphatic heterocycles. The Bertz CT molecular complexity index is 1030. The minimum absolute atomic E-state index is 0.639. The van der Waals surface area contributed by atoms with Gasteiger partial charge in [0.1, 0.15) is 6.29 Å². The molecule has 0 spiro atoms. The van der Waals surface area contributed by atoms with E-state index >= 15 is 0 Å². The van der Waals surface area contributed by atoms with Gasteiger partial charge in [0.2, 0.25) is 0 Å². The van der Waals surface area contributed by atoms with Crippen molar-refractivity contribution in [3.63, 3.8) is 0 Å². The van der Waals surface area contributed by atoms with Gasteiger partial charge in [-0.05, 0) is 40.3 Å². The van der Waals surface area contributed by atoms with Crippen LogP contribution in [0.15, 0.2) is 103 Å². The fourth-order valence-corrected chi connectivity index (χ4v) is 3.95. The van der Waals surface area contributed by atoms with Crippen LogP contribution in [0, 0.1) is 0 Å². The molecule has 0 aliphatic carbocycles. The second kappa shape index (κ2) is 8.85. The maximum Gasteiger partial charge on any atom is 0.140 e. The van der Waals surface area contributed by atoms with E-state index in [4.69, 9.17) is 0 Å². The summed E-state index contributed by atoms with van der Waals surface area (Å²) in [6.45, 7) is 0.639. The molecule has 0 amide bonds. The van der Waals surface area contributed by atoms with Crippen molar-refractivity contribution in [1.82, 2.24) is 5.32 Å². The lowest BCUT2D eigenvalue weighted by Gasteiger charge is -2.30. The maximum atomic E-state index is 12.5. The maximum absolute atomic E-state index is 12.5. The molecule has 0 heterocycles. The van der Waals surface area contributed by atoms with Crippen molar-refractivity contribution in [3.05, 3.63) is 120 Å². The van der Waals surface area contributed by atoms with E-state index in [2.05, 4.69) is 72.0 Å². The Morgan fingerprint density at radius 1 is 0.655 bits per heavy atom. The number of hydrogen-bond acceptors (Lipinski definition) is 2. The Kier molecular flexibility index (Phi) is 5.83. The van der Waals surface area contributed by atoms with E-state index in [1.54, 1.807) is 0 Å². The highest BCUT2D eigenvalue weighted by molar-refractivity contribution is 5.85. The van der Waals surface area contributed by atoms with Crippen LogP contribution in [-0.2, 0) is 24.2 Å². The van der Waals surface area contributed by atoms with Crippen LogP contribution in [0.4, 0.5) is 0 Å². The van der Waals surface area contributed by atoms with Gasteiger partial charge < -0.3 is 10.1 Å². The van der Waals surface area contributed by atoms with E-state index in [0.717, 1.165) is 17.4 Å². The average Bonchev–Trinajstić information content (AvgIpc) is 2.79. The Balaban J connectivity index is 1.64. The third-order valence-electron chi connectivity index (χ3n) is 5.46. The predicted octanol–water partition coefficient (Wildman–Crippen LogP) is 5.35. The zero-order valence-electron chi connectivity index (χ0n) is 16.4. The van der Waals surface area contributed by atoms with Crippen molar-refractivity contribution in [2.45, 2.75) is 24.9 Å². The number of rotatable bonds is 8. The molecule has 144 valence electrons. The van der Waals surface area contributed by atoms with Crippen molar-refractivity contribution >= 4 is 17.1 Å². The van der Waals surface area contributed by atoms with Gasteiger partial charge in [-0.2, -0.15) is 0 Å². The van der Waals surface area contributed by atoms with Crippen LogP contribution >= 0.6 is 0 Å². The molecule has 0 bridgehead atoms. The number of nitrogens with one attached hydrogen (secondary N) is 1. The average molecular weight is 380 g/mol. The van der Waals surface area contributed by atoms with Crippen LogP contribution in [-0.4, -0.2) is 11.8 Å². The molecular formula is C27H25NO. The fourth-order valence-electron chi connectivity index (χ4n) is 3.95. The van der Waals surface area contributed by atoms with E-state index in [1.807, 2.05) is 36.4 Å². The number of benzene rings is 4. The molecule has 2 nitrogen and oxygen atoms in total. The van der Waals surface area contributed by atoms with E-state index in [0.29, 0.717) is 19.4 Å².